The van der Waals surface area contributed by atoms with Crippen molar-refractivity contribution in [2.24, 2.45) is 11.5 Å². The van der Waals surface area contributed by atoms with Crippen LogP contribution in [0.4, 0.5) is 23.7 Å². The maximum atomic E-state index is 13.4. The molecule has 0 atom stereocenters. The molecule has 9 nitrogen and oxygen atoms in total. The number of halogens is 3. The molecule has 0 unspecified atom stereocenters. The van der Waals surface area contributed by atoms with Gasteiger partial charge >= 0.3 is 18.2 Å². The van der Waals surface area contributed by atoms with Crippen molar-refractivity contribution in [3.8, 4) is 11.1 Å². The van der Waals surface area contributed by atoms with E-state index in [4.69, 9.17) is 26.8 Å². The van der Waals surface area contributed by atoms with Crippen molar-refractivity contribution in [3.63, 3.8) is 0 Å². The van der Waals surface area contributed by atoms with Crippen molar-refractivity contribution in [3.05, 3.63) is 59.0 Å². The van der Waals surface area contributed by atoms with Crippen LogP contribution in [0, 0.1) is 12.3 Å². The average Bonchev–Trinajstić information content (AvgIpc) is 3.25. The zero-order valence-corrected chi connectivity index (χ0v) is 21.7. The molecule has 0 aliphatic rings. The predicted molar refractivity (Wildman–Crippen MR) is 136 cm³/mol. The van der Waals surface area contributed by atoms with Gasteiger partial charge in [0.05, 0.1) is 18.9 Å². The zero-order valence-electron chi connectivity index (χ0n) is 19.2. The van der Waals surface area contributed by atoms with Crippen LogP contribution in [0.15, 0.2) is 62.5 Å². The van der Waals surface area contributed by atoms with Crippen molar-refractivity contribution in [1.29, 1.82) is 5.41 Å². The van der Waals surface area contributed by atoms with Crippen molar-refractivity contribution < 1.29 is 36.3 Å². The minimum absolute atomic E-state index is 0.159. The number of nitrogens with two attached hydrogens (primary N) is 2. The van der Waals surface area contributed by atoms with Crippen LogP contribution in [-0.4, -0.2) is 43.8 Å². The molecular formula is C22H21F3N4O5S3. The summed E-state index contributed by atoms with van der Waals surface area (Å²) >= 11 is 2.50. The van der Waals surface area contributed by atoms with Crippen LogP contribution in [0.2, 0.25) is 0 Å². The van der Waals surface area contributed by atoms with Gasteiger partial charge in [-0.1, -0.05) is 24.3 Å². The number of hydrogen-bond donors (Lipinski definition) is 5. The molecule has 0 bridgehead atoms. The van der Waals surface area contributed by atoms with Crippen molar-refractivity contribution in [1.82, 2.24) is 0 Å². The molecule has 37 heavy (non-hydrogen) atoms. The van der Waals surface area contributed by atoms with Crippen LogP contribution >= 0.6 is 23.1 Å². The van der Waals surface area contributed by atoms with E-state index in [0.29, 0.717) is 20.3 Å². The number of amidine groups is 1. The van der Waals surface area contributed by atoms with Crippen LogP contribution in [0.5, 0.6) is 0 Å². The Morgan fingerprint density at radius 2 is 1.65 bits per heavy atom. The van der Waals surface area contributed by atoms with E-state index in [9.17, 15) is 26.4 Å². The van der Waals surface area contributed by atoms with E-state index in [1.54, 1.807) is 49.6 Å². The van der Waals surface area contributed by atoms with Gasteiger partial charge in [-0.3, -0.25) is 5.41 Å². The number of nitrogens with one attached hydrogen (secondary N) is 2. The molecule has 0 radical (unpaired) electrons. The topological polar surface area (TPSA) is 176 Å². The molecule has 2 amide bonds. The monoisotopic (exact) mass is 574 g/mol. The first-order chi connectivity index (χ1) is 17.1. The minimum atomic E-state index is -5.08. The molecule has 2 aromatic carbocycles. The Morgan fingerprint density at radius 1 is 1.08 bits per heavy atom. The number of rotatable bonds is 6. The van der Waals surface area contributed by atoms with Gasteiger partial charge in [-0.25, -0.2) is 18.0 Å². The van der Waals surface area contributed by atoms with E-state index in [0.717, 1.165) is 11.1 Å². The fourth-order valence-corrected chi connectivity index (χ4v) is 7.15. The highest BCUT2D eigenvalue weighted by molar-refractivity contribution is 8.01. The number of thioether (sulfide) groups is 1. The molecule has 1 heterocycles. The predicted octanol–water partition coefficient (Wildman–Crippen LogP) is 4.69. The van der Waals surface area contributed by atoms with Crippen LogP contribution in [0.3, 0.4) is 0 Å². The first-order valence-electron chi connectivity index (χ1n) is 9.93. The molecule has 0 saturated heterocycles. The summed E-state index contributed by atoms with van der Waals surface area (Å²) in [6.45, 7) is 1.76. The standard InChI is InChI=1S/C20H20N4O3S3.C2HF3O2/c1-11-14(12-6-8-13(9-7-12)24-20(23)25)4-3-5-16(11)30(26,27)17-10-15(18(21)22)29-19(17)28-2;3-2(4,5)1(6)7/h3-10H,1-2H3,(H3,21,22)(H3,23,24,25);(H,6,7). The molecule has 0 spiro atoms. The summed E-state index contributed by atoms with van der Waals surface area (Å²) in [4.78, 5) is 20.7. The van der Waals surface area contributed by atoms with Gasteiger partial charge in [0.15, 0.2) is 0 Å². The number of urea groups is 1. The van der Waals surface area contributed by atoms with Crippen LogP contribution in [0.25, 0.3) is 11.1 Å². The third-order valence-corrected chi connectivity index (χ3v) is 9.17. The Balaban J connectivity index is 0.000000604. The minimum Gasteiger partial charge on any atom is -0.475 e. The van der Waals surface area contributed by atoms with Gasteiger partial charge in [0.2, 0.25) is 9.84 Å². The Hall–Kier alpha value is -3.56. The van der Waals surface area contributed by atoms with Gasteiger partial charge in [0.25, 0.3) is 0 Å². The fraction of sp³-hybridized carbons (Fsp3) is 0.136. The van der Waals surface area contributed by atoms with Gasteiger partial charge in [0.1, 0.15) is 5.84 Å². The number of carboxylic acid groups (broad SMARTS) is 1. The summed E-state index contributed by atoms with van der Waals surface area (Å²) in [6, 6.07) is 12.9. The smallest absolute Gasteiger partial charge is 0.475 e. The average molecular weight is 575 g/mol. The summed E-state index contributed by atoms with van der Waals surface area (Å²) < 4.78 is 59.2. The molecule has 0 aliphatic carbocycles. The Labute approximate surface area is 218 Å². The molecule has 7 N–H and O–H groups in total. The summed E-state index contributed by atoms with van der Waals surface area (Å²) in [7, 11) is -3.82. The number of anilines is 1. The lowest BCUT2D eigenvalue weighted by molar-refractivity contribution is -0.192. The summed E-state index contributed by atoms with van der Waals surface area (Å²) in [5.74, 6) is -2.92. The van der Waals surface area contributed by atoms with E-state index < -0.39 is 28.0 Å². The Morgan fingerprint density at radius 3 is 2.11 bits per heavy atom. The number of carboxylic acids is 1. The van der Waals surface area contributed by atoms with Gasteiger partial charge in [-0.15, -0.1) is 23.1 Å². The van der Waals surface area contributed by atoms with E-state index in [1.165, 1.54) is 29.2 Å². The maximum absolute atomic E-state index is 13.4. The van der Waals surface area contributed by atoms with Gasteiger partial charge in [0, 0.05) is 5.69 Å². The lowest BCUT2D eigenvalue weighted by Gasteiger charge is -2.13. The number of amides is 2. The SMILES string of the molecule is CSc1sc(C(=N)N)cc1S(=O)(=O)c1cccc(-c2ccc(NC(N)=O)cc2)c1C.O=C(O)C(F)(F)F. The quantitative estimate of drug-likeness (QED) is 0.161. The van der Waals surface area contributed by atoms with Crippen LogP contribution in [0.1, 0.15) is 10.4 Å². The van der Waals surface area contributed by atoms with Crippen molar-refractivity contribution >= 4 is 56.5 Å². The van der Waals surface area contributed by atoms with Crippen molar-refractivity contribution in [2.45, 2.75) is 27.1 Å². The molecule has 0 saturated carbocycles. The molecule has 198 valence electrons. The molecule has 3 rings (SSSR count). The molecular weight excluding hydrogens is 553 g/mol. The van der Waals surface area contributed by atoms with E-state index in [-0.39, 0.29) is 15.6 Å². The number of aliphatic carboxylic acids is 1. The second kappa shape index (κ2) is 11.7. The van der Waals surface area contributed by atoms with Gasteiger partial charge < -0.3 is 21.9 Å². The van der Waals surface area contributed by atoms with Crippen LogP contribution < -0.4 is 16.8 Å². The normalized spacial score (nSPS) is 11.3. The van der Waals surface area contributed by atoms with Crippen LogP contribution in [-0.2, 0) is 14.6 Å². The van der Waals surface area contributed by atoms with Gasteiger partial charge in [-0.2, -0.15) is 13.2 Å². The van der Waals surface area contributed by atoms with E-state index in [1.807, 2.05) is 6.07 Å². The number of alkyl halides is 3. The lowest BCUT2D eigenvalue weighted by atomic mass is 10.0. The van der Waals surface area contributed by atoms with Gasteiger partial charge in [-0.05, 0) is 54.1 Å². The third kappa shape index (κ3) is 7.24. The second-order valence-corrected chi connectivity index (χ2v) is 11.2. The highest BCUT2D eigenvalue weighted by atomic mass is 32.2. The zero-order chi connectivity index (χ0) is 28.1. The summed E-state index contributed by atoms with van der Waals surface area (Å²) in [5.41, 5.74) is 13.4. The first-order valence-corrected chi connectivity index (χ1v) is 13.5. The van der Waals surface area contributed by atoms with E-state index in [2.05, 4.69) is 5.32 Å². The largest absolute Gasteiger partial charge is 0.490 e. The molecule has 15 heteroatoms. The molecule has 0 aliphatic heterocycles. The van der Waals surface area contributed by atoms with E-state index >= 15 is 0 Å². The number of carbonyl (C=O) groups excluding carboxylic acids is 1. The third-order valence-electron chi connectivity index (χ3n) is 4.69. The molecule has 1 aromatic heterocycles. The number of sulfone groups is 1. The second-order valence-electron chi connectivity index (χ2n) is 7.18. The number of nitrogen functional groups attached to an aromatic ring is 1. The Kier molecular flexibility index (Phi) is 9.35. The van der Waals surface area contributed by atoms with Crippen molar-refractivity contribution in [2.75, 3.05) is 11.6 Å². The summed E-state index contributed by atoms with van der Waals surface area (Å²) in [5, 5.41) is 17.2. The highest BCUT2D eigenvalue weighted by Gasteiger charge is 2.38. The number of benzene rings is 2. The highest BCUT2D eigenvalue weighted by Crippen LogP contribution is 2.39. The maximum Gasteiger partial charge on any atom is 0.490 e. The fourth-order valence-electron chi connectivity index (χ4n) is 3.03. The molecule has 3 aromatic rings. The number of primary amides is 1. The number of carbonyl (C=O) groups is 2. The first kappa shape index (κ1) is 29.7. The molecule has 0 fully saturated rings. The lowest BCUT2D eigenvalue weighted by Crippen LogP contribution is -2.21. The number of hydrogen-bond acceptors (Lipinski definition) is 7. The number of thiophene rings is 1. The summed E-state index contributed by atoms with van der Waals surface area (Å²) in [6.07, 6.45) is -3.29. The Bertz CT molecular complexity index is 1440.